The smallest absolute Gasteiger partial charge is 0.0406 e. The lowest BCUT2D eigenvalue weighted by atomic mass is 10.1. The van der Waals surface area contributed by atoms with Gasteiger partial charge in [-0.05, 0) is 30.2 Å². The van der Waals surface area contributed by atoms with Crippen molar-refractivity contribution in [3.05, 3.63) is 53.3 Å². The van der Waals surface area contributed by atoms with Crippen molar-refractivity contribution < 1.29 is 0 Å². The Morgan fingerprint density at radius 2 is 1.67 bits per heavy atom. The largest absolute Gasteiger partial charge is 0.261 e. The quantitative estimate of drug-likeness (QED) is 0.742. The molecule has 0 bridgehead atoms. The fourth-order valence-corrected chi connectivity index (χ4v) is 1.57. The summed E-state index contributed by atoms with van der Waals surface area (Å²) in [5.41, 5.74) is 3.39. The maximum absolute atomic E-state index is 5.83. The molecular formula is C13H12ClN. The molecule has 1 heterocycles. The highest BCUT2D eigenvalue weighted by atomic mass is 35.5. The van der Waals surface area contributed by atoms with E-state index in [4.69, 9.17) is 11.6 Å². The maximum atomic E-state index is 5.83. The summed E-state index contributed by atoms with van der Waals surface area (Å²) in [5, 5.41) is 0.761. The van der Waals surface area contributed by atoms with E-state index in [1.54, 1.807) is 0 Å². The van der Waals surface area contributed by atoms with Crippen LogP contribution in [0.15, 0.2) is 42.6 Å². The van der Waals surface area contributed by atoms with E-state index < -0.39 is 0 Å². The molecule has 0 aliphatic heterocycles. The van der Waals surface area contributed by atoms with Crippen LogP contribution in [0.25, 0.3) is 11.1 Å². The van der Waals surface area contributed by atoms with Crippen molar-refractivity contribution in [3.63, 3.8) is 0 Å². The van der Waals surface area contributed by atoms with Gasteiger partial charge in [0.05, 0.1) is 0 Å². The molecule has 1 nitrogen and oxygen atoms in total. The number of aromatic nitrogens is 1. The Kier molecular flexibility index (Phi) is 3.02. The van der Waals surface area contributed by atoms with Gasteiger partial charge in [0, 0.05) is 22.5 Å². The molecule has 2 aromatic rings. The molecule has 0 N–H and O–H groups in total. The van der Waals surface area contributed by atoms with E-state index in [1.807, 2.05) is 30.5 Å². The Balaban J connectivity index is 2.33. The van der Waals surface area contributed by atoms with Crippen LogP contribution >= 0.6 is 11.6 Å². The van der Waals surface area contributed by atoms with Gasteiger partial charge in [0.15, 0.2) is 0 Å². The molecule has 2 heteroatoms. The van der Waals surface area contributed by atoms with E-state index in [2.05, 4.69) is 24.0 Å². The lowest BCUT2D eigenvalue weighted by molar-refractivity contribution is 1.04. The summed E-state index contributed by atoms with van der Waals surface area (Å²) in [4.78, 5) is 4.36. The summed E-state index contributed by atoms with van der Waals surface area (Å²) >= 11 is 5.83. The second kappa shape index (κ2) is 4.45. The number of nitrogens with zero attached hydrogens (tertiary/aromatic N) is 1. The zero-order chi connectivity index (χ0) is 10.7. The lowest BCUT2D eigenvalue weighted by Crippen LogP contribution is -1.86. The van der Waals surface area contributed by atoms with Crippen LogP contribution in [0.5, 0.6) is 0 Å². The summed E-state index contributed by atoms with van der Waals surface area (Å²) in [6, 6.07) is 11.9. The van der Waals surface area contributed by atoms with Gasteiger partial charge in [-0.1, -0.05) is 36.7 Å². The van der Waals surface area contributed by atoms with Crippen molar-refractivity contribution in [3.8, 4) is 11.1 Å². The molecule has 0 amide bonds. The van der Waals surface area contributed by atoms with Gasteiger partial charge in [-0.25, -0.2) is 0 Å². The molecular weight excluding hydrogens is 206 g/mol. The number of benzene rings is 1. The average molecular weight is 218 g/mol. The Hall–Kier alpha value is -1.34. The minimum atomic E-state index is 0.761. The topological polar surface area (TPSA) is 12.9 Å². The third-order valence-electron chi connectivity index (χ3n) is 2.36. The fourth-order valence-electron chi connectivity index (χ4n) is 1.45. The molecule has 0 saturated carbocycles. The van der Waals surface area contributed by atoms with Crippen LogP contribution < -0.4 is 0 Å². The number of aryl methyl sites for hydroxylation is 1. The second-order valence-electron chi connectivity index (χ2n) is 3.40. The van der Waals surface area contributed by atoms with Gasteiger partial charge in [0.1, 0.15) is 0 Å². The average Bonchev–Trinajstić information content (AvgIpc) is 2.30. The van der Waals surface area contributed by atoms with Crippen molar-refractivity contribution in [1.82, 2.24) is 4.98 Å². The Bertz CT molecular complexity index is 431. The zero-order valence-corrected chi connectivity index (χ0v) is 9.33. The first-order chi connectivity index (χ1) is 7.29. The molecule has 2 rings (SSSR count). The van der Waals surface area contributed by atoms with E-state index in [0.717, 1.165) is 28.3 Å². The first-order valence-corrected chi connectivity index (χ1v) is 5.38. The predicted octanol–water partition coefficient (Wildman–Crippen LogP) is 3.96. The van der Waals surface area contributed by atoms with E-state index in [9.17, 15) is 0 Å². The van der Waals surface area contributed by atoms with Crippen molar-refractivity contribution in [2.75, 3.05) is 0 Å². The molecule has 15 heavy (non-hydrogen) atoms. The van der Waals surface area contributed by atoms with Gasteiger partial charge < -0.3 is 0 Å². The van der Waals surface area contributed by atoms with Crippen molar-refractivity contribution in [2.45, 2.75) is 13.3 Å². The van der Waals surface area contributed by atoms with Crippen LogP contribution in [-0.4, -0.2) is 4.98 Å². The van der Waals surface area contributed by atoms with E-state index in [0.29, 0.717) is 0 Å². The minimum Gasteiger partial charge on any atom is -0.261 e. The van der Waals surface area contributed by atoms with E-state index in [1.165, 1.54) is 0 Å². The normalized spacial score (nSPS) is 10.3. The first kappa shape index (κ1) is 10.2. The molecule has 0 aliphatic carbocycles. The molecule has 0 spiro atoms. The van der Waals surface area contributed by atoms with Crippen molar-refractivity contribution >= 4 is 11.6 Å². The van der Waals surface area contributed by atoms with Crippen LogP contribution in [-0.2, 0) is 6.42 Å². The highest BCUT2D eigenvalue weighted by Gasteiger charge is 1.98. The number of pyridine rings is 1. The lowest BCUT2D eigenvalue weighted by Gasteiger charge is -2.02. The van der Waals surface area contributed by atoms with Crippen LogP contribution in [0.2, 0.25) is 5.02 Å². The van der Waals surface area contributed by atoms with Crippen LogP contribution in [0.4, 0.5) is 0 Å². The fraction of sp³-hybridized carbons (Fsp3) is 0.154. The third kappa shape index (κ3) is 2.37. The summed E-state index contributed by atoms with van der Waals surface area (Å²) in [6.07, 6.45) is 2.88. The Labute approximate surface area is 94.7 Å². The van der Waals surface area contributed by atoms with Gasteiger partial charge in [0.2, 0.25) is 0 Å². The molecule has 0 fully saturated rings. The van der Waals surface area contributed by atoms with Crippen LogP contribution in [0.3, 0.4) is 0 Å². The van der Waals surface area contributed by atoms with Gasteiger partial charge in [-0.3, -0.25) is 4.98 Å². The molecule has 76 valence electrons. The van der Waals surface area contributed by atoms with Crippen LogP contribution in [0, 0.1) is 0 Å². The summed E-state index contributed by atoms with van der Waals surface area (Å²) < 4.78 is 0. The first-order valence-electron chi connectivity index (χ1n) is 5.00. The predicted molar refractivity (Wildman–Crippen MR) is 64.1 cm³/mol. The molecule has 0 unspecified atom stereocenters. The molecule has 0 radical (unpaired) electrons. The number of hydrogen-bond donors (Lipinski definition) is 0. The standard InChI is InChI=1S/C13H12ClN/c1-2-13-8-5-11(9-15-13)10-3-6-12(14)7-4-10/h3-9H,2H2,1H3. The zero-order valence-electron chi connectivity index (χ0n) is 8.57. The van der Waals surface area contributed by atoms with E-state index in [-0.39, 0.29) is 0 Å². The molecule has 0 aliphatic rings. The SMILES string of the molecule is CCc1ccc(-c2ccc(Cl)cc2)cn1. The van der Waals surface area contributed by atoms with Gasteiger partial charge >= 0.3 is 0 Å². The van der Waals surface area contributed by atoms with E-state index >= 15 is 0 Å². The van der Waals surface area contributed by atoms with Gasteiger partial charge in [-0.2, -0.15) is 0 Å². The van der Waals surface area contributed by atoms with Gasteiger partial charge in [0.25, 0.3) is 0 Å². The summed E-state index contributed by atoms with van der Waals surface area (Å²) in [6.45, 7) is 2.10. The summed E-state index contributed by atoms with van der Waals surface area (Å²) in [5.74, 6) is 0. The highest BCUT2D eigenvalue weighted by molar-refractivity contribution is 6.30. The Morgan fingerprint density at radius 1 is 1.00 bits per heavy atom. The number of hydrogen-bond acceptors (Lipinski definition) is 1. The molecule has 1 aromatic heterocycles. The highest BCUT2D eigenvalue weighted by Crippen LogP contribution is 2.20. The molecule has 0 atom stereocenters. The molecule has 0 saturated heterocycles. The molecule has 1 aromatic carbocycles. The van der Waals surface area contributed by atoms with Crippen LogP contribution in [0.1, 0.15) is 12.6 Å². The van der Waals surface area contributed by atoms with Gasteiger partial charge in [-0.15, -0.1) is 0 Å². The van der Waals surface area contributed by atoms with Crippen molar-refractivity contribution in [1.29, 1.82) is 0 Å². The Morgan fingerprint density at radius 3 is 2.20 bits per heavy atom. The monoisotopic (exact) mass is 217 g/mol. The van der Waals surface area contributed by atoms with Crippen molar-refractivity contribution in [2.24, 2.45) is 0 Å². The minimum absolute atomic E-state index is 0.761. The summed E-state index contributed by atoms with van der Waals surface area (Å²) in [7, 11) is 0. The maximum Gasteiger partial charge on any atom is 0.0406 e. The number of halogens is 1. The number of rotatable bonds is 2. The third-order valence-corrected chi connectivity index (χ3v) is 2.62. The second-order valence-corrected chi connectivity index (χ2v) is 3.84.